The van der Waals surface area contributed by atoms with Gasteiger partial charge in [0, 0.05) is 25.7 Å². The van der Waals surface area contributed by atoms with Crippen molar-refractivity contribution >= 4 is 35.0 Å². The Labute approximate surface area is 226 Å². The van der Waals surface area contributed by atoms with Crippen molar-refractivity contribution in [1.29, 1.82) is 0 Å². The number of piperidine rings is 1. The van der Waals surface area contributed by atoms with E-state index in [-0.39, 0.29) is 40.2 Å². The molecule has 2 saturated heterocycles. The Morgan fingerprint density at radius 2 is 1.87 bits per heavy atom. The minimum atomic E-state index is -0.494. The molecule has 9 nitrogen and oxygen atoms in total. The maximum absolute atomic E-state index is 13.5. The normalized spacial score (nSPS) is 24.1. The van der Waals surface area contributed by atoms with Crippen LogP contribution < -0.4 is 15.5 Å². The van der Waals surface area contributed by atoms with Gasteiger partial charge in [0.25, 0.3) is 11.8 Å². The number of anilines is 1. The zero-order chi connectivity index (χ0) is 26.7. The number of imidazole rings is 1. The molecule has 0 bridgehead atoms. The van der Waals surface area contributed by atoms with E-state index >= 15 is 0 Å². The van der Waals surface area contributed by atoms with Crippen molar-refractivity contribution < 1.29 is 18.8 Å². The van der Waals surface area contributed by atoms with Crippen LogP contribution in [0.15, 0.2) is 24.5 Å². The second-order valence-corrected chi connectivity index (χ2v) is 11.0. The molecule has 1 aromatic carbocycles. The lowest BCUT2D eigenvalue weighted by molar-refractivity contribution is -0.127. The Morgan fingerprint density at radius 1 is 1.11 bits per heavy atom. The number of carbonyl (C=O) groups is 3. The molecule has 1 aliphatic carbocycles. The summed E-state index contributed by atoms with van der Waals surface area (Å²) in [5.74, 6) is -1.17. The first kappa shape index (κ1) is 26.6. The number of hydrogen-bond donors (Lipinski definition) is 3. The fourth-order valence-electron chi connectivity index (χ4n) is 6.02. The van der Waals surface area contributed by atoms with Crippen LogP contribution in [0.3, 0.4) is 0 Å². The monoisotopic (exact) mass is 544 g/mol. The van der Waals surface area contributed by atoms with Gasteiger partial charge in [-0.1, -0.05) is 18.0 Å². The Bertz CT molecular complexity index is 1190. The SMILES string of the molecule is O=C(NCCN1CCCCC1)c1nc[nH]c1C(=O)N[C@H]1CC[C@@]2(CCN(c3ccc(F)cc3Cl)C2=O)CC1. The second kappa shape index (κ2) is 11.4. The van der Waals surface area contributed by atoms with E-state index in [2.05, 4.69) is 25.5 Å². The molecule has 204 valence electrons. The molecule has 2 aliphatic heterocycles. The highest BCUT2D eigenvalue weighted by atomic mass is 35.5. The molecule has 2 aromatic rings. The Hall–Kier alpha value is -2.98. The van der Waals surface area contributed by atoms with Gasteiger partial charge in [0.15, 0.2) is 5.69 Å². The zero-order valence-electron chi connectivity index (χ0n) is 21.4. The van der Waals surface area contributed by atoms with Gasteiger partial charge in [0.2, 0.25) is 5.91 Å². The van der Waals surface area contributed by atoms with Gasteiger partial charge in [0.05, 0.1) is 22.5 Å². The number of nitrogens with one attached hydrogen (secondary N) is 3. The summed E-state index contributed by atoms with van der Waals surface area (Å²) in [4.78, 5) is 50.0. The number of H-pyrrole nitrogens is 1. The number of likely N-dealkylation sites (tertiary alicyclic amines) is 1. The Morgan fingerprint density at radius 3 is 2.61 bits per heavy atom. The Balaban J connectivity index is 1.13. The minimum Gasteiger partial charge on any atom is -0.349 e. The van der Waals surface area contributed by atoms with Crippen LogP contribution in [0.1, 0.15) is 72.3 Å². The first-order chi connectivity index (χ1) is 18.4. The van der Waals surface area contributed by atoms with E-state index in [1.807, 2.05) is 0 Å². The third-order valence-corrected chi connectivity index (χ3v) is 8.54. The molecule has 3 heterocycles. The van der Waals surface area contributed by atoms with Crippen LogP contribution in [0.4, 0.5) is 10.1 Å². The number of amides is 3. The van der Waals surface area contributed by atoms with Crippen molar-refractivity contribution in [3.63, 3.8) is 0 Å². The van der Waals surface area contributed by atoms with E-state index in [0.717, 1.165) is 19.6 Å². The van der Waals surface area contributed by atoms with Gasteiger partial charge in [-0.05, 0) is 76.2 Å². The predicted molar refractivity (Wildman–Crippen MR) is 142 cm³/mol. The maximum Gasteiger partial charge on any atom is 0.272 e. The first-order valence-corrected chi connectivity index (χ1v) is 13.9. The summed E-state index contributed by atoms with van der Waals surface area (Å²) < 4.78 is 13.5. The van der Waals surface area contributed by atoms with Crippen molar-refractivity contribution in [3.8, 4) is 0 Å². The highest BCUT2D eigenvalue weighted by molar-refractivity contribution is 6.34. The molecule has 3 fully saturated rings. The number of halogens is 2. The molecule has 3 N–H and O–H groups in total. The van der Waals surface area contributed by atoms with Crippen LogP contribution >= 0.6 is 11.6 Å². The molecule has 3 amide bonds. The van der Waals surface area contributed by atoms with Gasteiger partial charge >= 0.3 is 0 Å². The Kier molecular flexibility index (Phi) is 7.99. The summed E-state index contributed by atoms with van der Waals surface area (Å²) in [6.45, 7) is 3.93. The average molecular weight is 545 g/mol. The summed E-state index contributed by atoms with van der Waals surface area (Å²) in [6, 6.07) is 3.97. The van der Waals surface area contributed by atoms with E-state index in [9.17, 15) is 18.8 Å². The van der Waals surface area contributed by atoms with Crippen molar-refractivity contribution in [2.75, 3.05) is 37.6 Å². The lowest BCUT2D eigenvalue weighted by atomic mass is 9.71. The highest BCUT2D eigenvalue weighted by Gasteiger charge is 2.49. The van der Waals surface area contributed by atoms with E-state index in [0.29, 0.717) is 50.9 Å². The molecule has 0 unspecified atom stereocenters. The van der Waals surface area contributed by atoms with E-state index < -0.39 is 11.2 Å². The lowest BCUT2D eigenvalue weighted by Crippen LogP contribution is -2.44. The zero-order valence-corrected chi connectivity index (χ0v) is 22.2. The fourth-order valence-corrected chi connectivity index (χ4v) is 6.29. The smallest absolute Gasteiger partial charge is 0.272 e. The lowest BCUT2D eigenvalue weighted by Gasteiger charge is -2.36. The fraction of sp³-hybridized carbons (Fsp3) is 0.556. The largest absolute Gasteiger partial charge is 0.349 e. The van der Waals surface area contributed by atoms with Gasteiger partial charge in [-0.15, -0.1) is 0 Å². The van der Waals surface area contributed by atoms with Gasteiger partial charge in [-0.3, -0.25) is 14.4 Å². The molecule has 1 saturated carbocycles. The number of rotatable bonds is 7. The molecule has 0 radical (unpaired) electrons. The number of carbonyl (C=O) groups excluding carboxylic acids is 3. The van der Waals surface area contributed by atoms with Gasteiger partial charge in [0.1, 0.15) is 11.5 Å². The topological polar surface area (TPSA) is 110 Å². The summed E-state index contributed by atoms with van der Waals surface area (Å²) in [5.41, 5.74) is 0.277. The van der Waals surface area contributed by atoms with Crippen LogP contribution in [0.2, 0.25) is 5.02 Å². The molecule has 1 aromatic heterocycles. The molecule has 1 spiro atoms. The van der Waals surface area contributed by atoms with Crippen LogP contribution in [-0.4, -0.2) is 71.4 Å². The van der Waals surface area contributed by atoms with Gasteiger partial charge in [-0.25, -0.2) is 9.37 Å². The number of nitrogens with zero attached hydrogens (tertiary/aromatic N) is 3. The predicted octanol–water partition coefficient (Wildman–Crippen LogP) is 3.51. The van der Waals surface area contributed by atoms with E-state index in [4.69, 9.17) is 11.6 Å². The molecular weight excluding hydrogens is 511 g/mol. The quantitative estimate of drug-likeness (QED) is 0.494. The highest BCUT2D eigenvalue weighted by Crippen LogP contribution is 2.47. The summed E-state index contributed by atoms with van der Waals surface area (Å²) in [6.07, 6.45) is 8.26. The number of aromatic amines is 1. The van der Waals surface area contributed by atoms with E-state index in [1.165, 1.54) is 37.7 Å². The van der Waals surface area contributed by atoms with Crippen molar-refractivity contribution in [2.24, 2.45) is 5.41 Å². The molecule has 0 atom stereocenters. The van der Waals surface area contributed by atoms with Crippen molar-refractivity contribution in [2.45, 2.75) is 57.4 Å². The summed E-state index contributed by atoms with van der Waals surface area (Å²) >= 11 is 6.21. The second-order valence-electron chi connectivity index (χ2n) is 10.6. The summed E-state index contributed by atoms with van der Waals surface area (Å²) in [7, 11) is 0. The van der Waals surface area contributed by atoms with Gasteiger partial charge < -0.3 is 25.4 Å². The first-order valence-electron chi connectivity index (χ1n) is 13.5. The van der Waals surface area contributed by atoms with Crippen LogP contribution in [0.5, 0.6) is 0 Å². The number of aromatic nitrogens is 2. The standard InChI is InChI=1S/C27H34ClFN6O3/c28-20-16-18(29)4-5-21(20)35-14-10-27(26(35)38)8-6-19(7-9-27)33-25(37)23-22(31-17-32-23)24(36)30-11-15-34-12-2-1-3-13-34/h4-5,16-17,19H,1-3,6-15H2,(H,30,36)(H,31,32)(H,33,37)/t19-,27-. The van der Waals surface area contributed by atoms with Gasteiger partial charge in [-0.2, -0.15) is 0 Å². The number of benzene rings is 1. The van der Waals surface area contributed by atoms with Crippen molar-refractivity contribution in [1.82, 2.24) is 25.5 Å². The average Bonchev–Trinajstić information content (AvgIpc) is 3.52. The number of hydrogen-bond acceptors (Lipinski definition) is 5. The van der Waals surface area contributed by atoms with Crippen LogP contribution in [-0.2, 0) is 4.79 Å². The summed E-state index contributed by atoms with van der Waals surface area (Å²) in [5, 5.41) is 6.12. The maximum atomic E-state index is 13.5. The molecule has 38 heavy (non-hydrogen) atoms. The van der Waals surface area contributed by atoms with Crippen LogP contribution in [0, 0.1) is 11.2 Å². The molecular formula is C27H34ClFN6O3. The third-order valence-electron chi connectivity index (χ3n) is 8.23. The molecule has 11 heteroatoms. The van der Waals surface area contributed by atoms with E-state index in [1.54, 1.807) is 11.0 Å². The third kappa shape index (κ3) is 5.56. The van der Waals surface area contributed by atoms with Crippen LogP contribution in [0.25, 0.3) is 0 Å². The molecule has 3 aliphatic rings. The minimum absolute atomic E-state index is 0.00728. The molecule has 5 rings (SSSR count). The van der Waals surface area contributed by atoms with Crippen molar-refractivity contribution in [3.05, 3.63) is 46.8 Å².